The van der Waals surface area contributed by atoms with Gasteiger partial charge in [0.25, 0.3) is 0 Å². The largest absolute Gasteiger partial charge is 0.489 e. The van der Waals surface area contributed by atoms with Crippen LogP contribution in [0.25, 0.3) is 0 Å². The molecule has 1 heterocycles. The van der Waals surface area contributed by atoms with Crippen molar-refractivity contribution in [1.29, 1.82) is 0 Å². The minimum Gasteiger partial charge on any atom is -0.489 e. The zero-order valence-corrected chi connectivity index (χ0v) is 20.3. The highest BCUT2D eigenvalue weighted by atomic mass is 32.2. The second kappa shape index (κ2) is 11.3. The smallest absolute Gasteiger partial charge is 0.450 e. The normalized spacial score (nSPS) is 11.9. The van der Waals surface area contributed by atoms with Gasteiger partial charge < -0.3 is 19.7 Å². The molecule has 2 N–H and O–H groups in total. The Kier molecular flexibility index (Phi) is 8.14. The molecule has 188 valence electrons. The Morgan fingerprint density at radius 1 is 0.750 bits per heavy atom. The zero-order valence-electron chi connectivity index (χ0n) is 18.7. The van der Waals surface area contributed by atoms with E-state index in [0.29, 0.717) is 41.8 Å². The predicted octanol–water partition coefficient (Wildman–Crippen LogP) is 5.69. The monoisotopic (exact) mass is 534 g/mol. The lowest BCUT2D eigenvalue weighted by Crippen LogP contribution is -2.41. The fourth-order valence-electron chi connectivity index (χ4n) is 3.04. The Hall–Kier alpha value is -3.12. The van der Waals surface area contributed by atoms with Crippen molar-refractivity contribution >= 4 is 23.1 Å². The van der Waals surface area contributed by atoms with E-state index < -0.39 is 17.0 Å². The number of thioether (sulfide) groups is 1. The van der Waals surface area contributed by atoms with E-state index >= 15 is 0 Å². The lowest BCUT2D eigenvalue weighted by Gasteiger charge is -2.20. The number of rotatable bonds is 10. The van der Waals surface area contributed by atoms with Crippen LogP contribution in [0.3, 0.4) is 0 Å². The zero-order chi connectivity index (χ0) is 25.6. The Balaban J connectivity index is 1.48. The van der Waals surface area contributed by atoms with Gasteiger partial charge in [-0.2, -0.15) is 13.2 Å². The summed E-state index contributed by atoms with van der Waals surface area (Å²) < 4.78 is 50.7. The molecule has 4 aromatic rings. The number of aromatic nitrogens is 2. The number of ether oxygens (including phenoxy) is 2. The molecule has 0 aliphatic heterocycles. The number of hydrogen-bond donors (Lipinski definition) is 2. The first kappa shape index (κ1) is 26.0. The molecule has 1 aromatic heterocycles. The van der Waals surface area contributed by atoms with Gasteiger partial charge in [0.05, 0.1) is 0 Å². The van der Waals surface area contributed by atoms with Crippen LogP contribution in [0.5, 0.6) is 11.5 Å². The average Bonchev–Trinajstić information content (AvgIpc) is 3.36. The van der Waals surface area contributed by atoms with Crippen molar-refractivity contribution in [2.75, 3.05) is 0 Å². The summed E-state index contributed by atoms with van der Waals surface area (Å²) in [5.41, 5.74) is 2.76. The molecule has 0 fully saturated rings. The fourth-order valence-corrected chi connectivity index (χ4v) is 4.83. The summed E-state index contributed by atoms with van der Waals surface area (Å²) >= 11 is 1.58. The molecule has 0 aliphatic rings. The molecule has 4 rings (SSSR count). The van der Waals surface area contributed by atoms with Gasteiger partial charge >= 0.3 is 12.0 Å². The Bertz CT molecular complexity index is 1210. The third-order valence-electron chi connectivity index (χ3n) is 4.90. The van der Waals surface area contributed by atoms with E-state index in [-0.39, 0.29) is 4.34 Å². The van der Waals surface area contributed by atoms with E-state index in [4.69, 9.17) is 9.47 Å². The number of hydrogen-bond acceptors (Lipinski definition) is 8. The Morgan fingerprint density at radius 2 is 1.28 bits per heavy atom. The third-order valence-corrected chi connectivity index (χ3v) is 7.12. The molecular weight excluding hydrogens is 513 g/mol. The third kappa shape index (κ3) is 6.76. The van der Waals surface area contributed by atoms with Gasteiger partial charge in [0, 0.05) is 11.8 Å². The standard InChI is InChI=1S/C25H21F3N2O4S2/c26-25(27,28)24(31,32)22-29-30-23(36-22)35-16-19-11-20(33-14-17-7-3-1-4-8-17)13-21(12-19)34-15-18-9-5-2-6-10-18/h1-13,31-32H,14-16H2. The van der Waals surface area contributed by atoms with E-state index in [0.717, 1.165) is 28.5 Å². The Labute approximate surface area is 213 Å². The van der Waals surface area contributed by atoms with Crippen LogP contribution in [0.2, 0.25) is 0 Å². The molecule has 0 unspecified atom stereocenters. The van der Waals surface area contributed by atoms with Crippen LogP contribution < -0.4 is 9.47 Å². The lowest BCUT2D eigenvalue weighted by molar-refractivity contribution is -0.358. The maximum Gasteiger partial charge on any atom is 0.450 e. The lowest BCUT2D eigenvalue weighted by atomic mass is 10.2. The summed E-state index contributed by atoms with van der Waals surface area (Å²) in [6.45, 7) is 0.698. The van der Waals surface area contributed by atoms with E-state index in [9.17, 15) is 23.4 Å². The summed E-state index contributed by atoms with van der Waals surface area (Å²) in [6, 6.07) is 24.7. The molecular formula is C25H21F3N2O4S2. The van der Waals surface area contributed by atoms with Gasteiger partial charge in [-0.25, -0.2) is 0 Å². The first-order valence-corrected chi connectivity index (χ1v) is 12.5. The molecule has 3 aromatic carbocycles. The van der Waals surface area contributed by atoms with E-state index in [2.05, 4.69) is 10.2 Å². The quantitative estimate of drug-likeness (QED) is 0.200. The summed E-state index contributed by atoms with van der Waals surface area (Å²) in [7, 11) is 0. The summed E-state index contributed by atoms with van der Waals surface area (Å²) in [5, 5.41) is 24.8. The Morgan fingerprint density at radius 3 is 1.78 bits per heavy atom. The molecule has 6 nitrogen and oxygen atoms in total. The maximum atomic E-state index is 12.9. The minimum atomic E-state index is -5.29. The average molecular weight is 535 g/mol. The van der Waals surface area contributed by atoms with Crippen molar-refractivity contribution < 1.29 is 32.9 Å². The molecule has 0 spiro atoms. The molecule has 0 amide bonds. The topological polar surface area (TPSA) is 84.7 Å². The minimum absolute atomic E-state index is 0.157. The van der Waals surface area contributed by atoms with Crippen LogP contribution >= 0.6 is 23.1 Å². The first-order valence-electron chi connectivity index (χ1n) is 10.7. The predicted molar refractivity (Wildman–Crippen MR) is 130 cm³/mol. The van der Waals surface area contributed by atoms with Gasteiger partial charge in [-0.15, -0.1) is 10.2 Å². The molecule has 0 aliphatic carbocycles. The van der Waals surface area contributed by atoms with Crippen molar-refractivity contribution in [2.45, 2.75) is 35.3 Å². The highest BCUT2D eigenvalue weighted by Crippen LogP contribution is 2.40. The van der Waals surface area contributed by atoms with Crippen LogP contribution in [0, 0.1) is 0 Å². The molecule has 0 bridgehead atoms. The van der Waals surface area contributed by atoms with Crippen molar-refractivity contribution in [3.05, 3.63) is 101 Å². The van der Waals surface area contributed by atoms with Gasteiger partial charge in [0.1, 0.15) is 24.7 Å². The number of benzene rings is 3. The molecule has 0 atom stereocenters. The molecule has 0 radical (unpaired) electrons. The van der Waals surface area contributed by atoms with E-state index in [1.807, 2.05) is 72.8 Å². The number of nitrogens with zero attached hydrogens (tertiary/aromatic N) is 2. The second-order valence-corrected chi connectivity index (χ2v) is 9.89. The van der Waals surface area contributed by atoms with E-state index in [1.165, 1.54) is 0 Å². The summed E-state index contributed by atoms with van der Waals surface area (Å²) in [5.74, 6) is -2.60. The molecule has 11 heteroatoms. The van der Waals surface area contributed by atoms with E-state index in [1.54, 1.807) is 6.07 Å². The highest BCUT2D eigenvalue weighted by Gasteiger charge is 2.57. The first-order chi connectivity index (χ1) is 17.2. The molecule has 0 saturated carbocycles. The van der Waals surface area contributed by atoms with Crippen LogP contribution in [0.1, 0.15) is 21.7 Å². The maximum absolute atomic E-state index is 12.9. The summed E-state index contributed by atoms with van der Waals surface area (Å²) in [6.07, 6.45) is -5.29. The fraction of sp³-hybridized carbons (Fsp3) is 0.200. The van der Waals surface area contributed by atoms with Crippen molar-refractivity contribution in [3.63, 3.8) is 0 Å². The van der Waals surface area contributed by atoms with Crippen LogP contribution in [0.15, 0.2) is 83.2 Å². The number of alkyl halides is 3. The molecule has 36 heavy (non-hydrogen) atoms. The van der Waals surface area contributed by atoms with Crippen molar-refractivity contribution in [1.82, 2.24) is 10.2 Å². The van der Waals surface area contributed by atoms with Crippen LogP contribution in [0.4, 0.5) is 13.2 Å². The van der Waals surface area contributed by atoms with Gasteiger partial charge in [-0.3, -0.25) is 0 Å². The SMILES string of the molecule is OC(O)(c1nnc(SCc2cc(OCc3ccccc3)cc(OCc3ccccc3)c2)s1)C(F)(F)F. The van der Waals surface area contributed by atoms with Crippen LogP contribution in [-0.2, 0) is 24.8 Å². The summed E-state index contributed by atoms with van der Waals surface area (Å²) in [4.78, 5) is 0. The van der Waals surface area contributed by atoms with Gasteiger partial charge in [0.15, 0.2) is 9.35 Å². The van der Waals surface area contributed by atoms with Crippen molar-refractivity contribution in [3.8, 4) is 11.5 Å². The van der Waals surface area contributed by atoms with Crippen LogP contribution in [-0.4, -0.2) is 26.6 Å². The van der Waals surface area contributed by atoms with Gasteiger partial charge in [-0.05, 0) is 28.8 Å². The number of aliphatic hydroxyl groups is 2. The van der Waals surface area contributed by atoms with Gasteiger partial charge in [-0.1, -0.05) is 83.8 Å². The van der Waals surface area contributed by atoms with Crippen molar-refractivity contribution in [2.24, 2.45) is 0 Å². The molecule has 0 saturated heterocycles. The highest BCUT2D eigenvalue weighted by molar-refractivity contribution is 8.00. The number of halogens is 3. The van der Waals surface area contributed by atoms with Gasteiger partial charge in [0.2, 0.25) is 0 Å². The second-order valence-electron chi connectivity index (χ2n) is 7.69.